The lowest BCUT2D eigenvalue weighted by molar-refractivity contribution is 0.0963. The van der Waals surface area contributed by atoms with Crippen molar-refractivity contribution < 1.29 is 9.53 Å². The summed E-state index contributed by atoms with van der Waals surface area (Å²) in [5.74, 6) is 0.681. The summed E-state index contributed by atoms with van der Waals surface area (Å²) < 4.78 is 5.42. The highest BCUT2D eigenvalue weighted by molar-refractivity contribution is 14.0. The quantitative estimate of drug-likeness (QED) is 0.276. The van der Waals surface area contributed by atoms with Crippen molar-refractivity contribution in [3.05, 3.63) is 70.8 Å². The summed E-state index contributed by atoms with van der Waals surface area (Å²) in [6.45, 7) is 4.79. The van der Waals surface area contributed by atoms with E-state index in [9.17, 15) is 4.79 Å². The summed E-state index contributed by atoms with van der Waals surface area (Å²) in [5.41, 5.74) is 4.14. The zero-order chi connectivity index (χ0) is 20.2. The molecule has 0 atom stereocenters. The van der Waals surface area contributed by atoms with Crippen molar-refractivity contribution in [1.82, 2.24) is 16.0 Å². The molecule has 0 radical (unpaired) electrons. The second kappa shape index (κ2) is 13.9. The number of amides is 1. The van der Waals surface area contributed by atoms with Crippen molar-refractivity contribution in [2.24, 2.45) is 4.99 Å². The highest BCUT2D eigenvalue weighted by Gasteiger charge is 2.04. The number of aliphatic imine (C=N–C) groups is 1. The molecule has 0 aliphatic rings. The Bertz CT molecular complexity index is 779. The van der Waals surface area contributed by atoms with Crippen LogP contribution in [0.25, 0.3) is 0 Å². The van der Waals surface area contributed by atoms with Gasteiger partial charge in [-0.05, 0) is 42.2 Å². The number of nitrogens with zero attached hydrogens (tertiary/aromatic N) is 1. The van der Waals surface area contributed by atoms with Gasteiger partial charge in [0, 0.05) is 39.4 Å². The maximum absolute atomic E-state index is 11.7. The molecule has 0 spiro atoms. The summed E-state index contributed by atoms with van der Waals surface area (Å²) in [5, 5.41) is 9.27. The van der Waals surface area contributed by atoms with Crippen LogP contribution in [0.2, 0.25) is 0 Å². The number of ether oxygens (including phenoxy) is 1. The molecule has 6 nitrogen and oxygen atoms in total. The molecule has 7 heteroatoms. The summed E-state index contributed by atoms with van der Waals surface area (Å²) >= 11 is 0. The third kappa shape index (κ3) is 8.82. The van der Waals surface area contributed by atoms with Gasteiger partial charge in [0.25, 0.3) is 5.91 Å². The maximum Gasteiger partial charge on any atom is 0.251 e. The van der Waals surface area contributed by atoms with Gasteiger partial charge in [-0.2, -0.15) is 0 Å². The number of hydrogen-bond acceptors (Lipinski definition) is 3. The van der Waals surface area contributed by atoms with E-state index >= 15 is 0 Å². The molecule has 0 unspecified atom stereocenters. The first kappa shape index (κ1) is 24.9. The van der Waals surface area contributed by atoms with Crippen LogP contribution in [-0.2, 0) is 24.3 Å². The highest BCUT2D eigenvalue weighted by atomic mass is 127. The van der Waals surface area contributed by atoms with E-state index in [0.29, 0.717) is 18.7 Å². The Kier molecular flexibility index (Phi) is 12.0. The van der Waals surface area contributed by atoms with E-state index in [4.69, 9.17) is 4.74 Å². The SMILES string of the molecule is CCOCc1ccc(CNC(=NC)NCCc2cccc(C(=O)NC)c2)cc1.I. The lowest BCUT2D eigenvalue weighted by Crippen LogP contribution is -2.37. The van der Waals surface area contributed by atoms with Crippen LogP contribution >= 0.6 is 24.0 Å². The standard InChI is InChI=1S/C22H30N4O2.HI/c1-4-28-16-19-10-8-18(9-11-19)15-26-22(24-3)25-13-12-17-6-5-7-20(14-17)21(27)23-2;/h5-11,14H,4,12-13,15-16H2,1-3H3,(H,23,27)(H2,24,25,26);1H. The fraction of sp³-hybridized carbons (Fsp3) is 0.364. The molecule has 0 heterocycles. The van der Waals surface area contributed by atoms with Crippen LogP contribution in [-0.4, -0.2) is 39.1 Å². The summed E-state index contributed by atoms with van der Waals surface area (Å²) in [6.07, 6.45) is 0.803. The molecule has 158 valence electrons. The molecule has 0 aliphatic heterocycles. The van der Waals surface area contributed by atoms with E-state index < -0.39 is 0 Å². The molecule has 3 N–H and O–H groups in total. The van der Waals surface area contributed by atoms with Gasteiger partial charge < -0.3 is 20.7 Å². The van der Waals surface area contributed by atoms with Crippen molar-refractivity contribution in [1.29, 1.82) is 0 Å². The van der Waals surface area contributed by atoms with Gasteiger partial charge in [0.2, 0.25) is 0 Å². The minimum Gasteiger partial charge on any atom is -0.377 e. The van der Waals surface area contributed by atoms with Crippen LogP contribution in [0, 0.1) is 0 Å². The third-order valence-corrected chi connectivity index (χ3v) is 4.30. The zero-order valence-corrected chi connectivity index (χ0v) is 19.7. The van der Waals surface area contributed by atoms with E-state index in [1.54, 1.807) is 14.1 Å². The van der Waals surface area contributed by atoms with Crippen LogP contribution in [0.5, 0.6) is 0 Å². The molecule has 0 bridgehead atoms. The molecule has 0 saturated carbocycles. The smallest absolute Gasteiger partial charge is 0.251 e. The first-order valence-electron chi connectivity index (χ1n) is 9.57. The van der Waals surface area contributed by atoms with Gasteiger partial charge in [0.1, 0.15) is 0 Å². The van der Waals surface area contributed by atoms with Gasteiger partial charge in [0.15, 0.2) is 5.96 Å². The normalized spacial score (nSPS) is 10.8. The second-order valence-electron chi connectivity index (χ2n) is 6.34. The molecule has 2 aromatic rings. The van der Waals surface area contributed by atoms with E-state index in [1.807, 2.05) is 31.2 Å². The number of benzene rings is 2. The molecule has 0 fully saturated rings. The highest BCUT2D eigenvalue weighted by Crippen LogP contribution is 2.07. The molecule has 29 heavy (non-hydrogen) atoms. The second-order valence-corrected chi connectivity index (χ2v) is 6.34. The van der Waals surface area contributed by atoms with Gasteiger partial charge in [-0.3, -0.25) is 9.79 Å². The average molecular weight is 510 g/mol. The minimum atomic E-state index is -0.0699. The predicted octanol–water partition coefficient (Wildman–Crippen LogP) is 3.11. The Balaban J connectivity index is 0.00000420. The number of carbonyl (C=O) groups is 1. The van der Waals surface area contributed by atoms with Crippen molar-refractivity contribution in [3.63, 3.8) is 0 Å². The Morgan fingerprint density at radius 1 is 1.03 bits per heavy atom. The maximum atomic E-state index is 11.7. The van der Waals surface area contributed by atoms with Gasteiger partial charge in [-0.25, -0.2) is 0 Å². The van der Waals surface area contributed by atoms with E-state index in [1.165, 1.54) is 11.1 Å². The first-order valence-corrected chi connectivity index (χ1v) is 9.57. The number of carbonyl (C=O) groups excluding carboxylic acids is 1. The van der Waals surface area contributed by atoms with Gasteiger partial charge in [-0.15, -0.1) is 24.0 Å². The summed E-state index contributed by atoms with van der Waals surface area (Å²) in [4.78, 5) is 16.0. The average Bonchev–Trinajstić information content (AvgIpc) is 2.75. The molecule has 2 aromatic carbocycles. The van der Waals surface area contributed by atoms with E-state index in [2.05, 4.69) is 45.2 Å². The first-order chi connectivity index (χ1) is 13.7. The lowest BCUT2D eigenvalue weighted by atomic mass is 10.1. The van der Waals surface area contributed by atoms with Gasteiger partial charge >= 0.3 is 0 Å². The molecule has 1 amide bonds. The van der Waals surface area contributed by atoms with Crippen LogP contribution < -0.4 is 16.0 Å². The van der Waals surface area contributed by atoms with Crippen LogP contribution in [0.3, 0.4) is 0 Å². The van der Waals surface area contributed by atoms with E-state index in [-0.39, 0.29) is 29.9 Å². The third-order valence-electron chi connectivity index (χ3n) is 4.30. The number of guanidine groups is 1. The minimum absolute atomic E-state index is 0. The zero-order valence-electron chi connectivity index (χ0n) is 17.3. The monoisotopic (exact) mass is 510 g/mol. The molecular formula is C22H31IN4O2. The fourth-order valence-corrected chi connectivity index (χ4v) is 2.72. The summed E-state index contributed by atoms with van der Waals surface area (Å²) in [7, 11) is 3.39. The van der Waals surface area contributed by atoms with E-state index in [0.717, 1.165) is 31.1 Å². The molecular weight excluding hydrogens is 479 g/mol. The van der Waals surface area contributed by atoms with Crippen LogP contribution in [0.4, 0.5) is 0 Å². The number of nitrogens with one attached hydrogen (secondary N) is 3. The topological polar surface area (TPSA) is 74.8 Å². The summed E-state index contributed by atoms with van der Waals surface area (Å²) in [6, 6.07) is 16.0. The Hall–Kier alpha value is -2.13. The number of hydrogen-bond donors (Lipinski definition) is 3. The predicted molar refractivity (Wildman–Crippen MR) is 129 cm³/mol. The van der Waals surface area contributed by atoms with Crippen LogP contribution in [0.15, 0.2) is 53.5 Å². The Morgan fingerprint density at radius 3 is 2.41 bits per heavy atom. The van der Waals surface area contributed by atoms with Crippen molar-refractivity contribution in [3.8, 4) is 0 Å². The lowest BCUT2D eigenvalue weighted by Gasteiger charge is -2.12. The number of halogens is 1. The Morgan fingerprint density at radius 2 is 1.76 bits per heavy atom. The van der Waals surface area contributed by atoms with Crippen LogP contribution in [0.1, 0.15) is 34.0 Å². The molecule has 0 aliphatic carbocycles. The van der Waals surface area contributed by atoms with Crippen molar-refractivity contribution >= 4 is 35.8 Å². The van der Waals surface area contributed by atoms with Gasteiger partial charge in [0.05, 0.1) is 6.61 Å². The Labute approximate surface area is 190 Å². The largest absolute Gasteiger partial charge is 0.377 e. The van der Waals surface area contributed by atoms with Crippen molar-refractivity contribution in [2.45, 2.75) is 26.5 Å². The molecule has 2 rings (SSSR count). The number of rotatable bonds is 9. The van der Waals surface area contributed by atoms with Crippen molar-refractivity contribution in [2.75, 3.05) is 27.2 Å². The molecule has 0 saturated heterocycles. The van der Waals surface area contributed by atoms with Gasteiger partial charge in [-0.1, -0.05) is 36.4 Å². The molecule has 0 aromatic heterocycles. The fourth-order valence-electron chi connectivity index (χ4n) is 2.72.